The third kappa shape index (κ3) is 3.87. The first-order chi connectivity index (χ1) is 8.20. The lowest BCUT2D eigenvalue weighted by molar-refractivity contribution is -0.255. The van der Waals surface area contributed by atoms with Gasteiger partial charge in [0.2, 0.25) is 0 Å². The van der Waals surface area contributed by atoms with Crippen molar-refractivity contribution in [2.45, 2.75) is 27.7 Å². The van der Waals surface area contributed by atoms with Crippen molar-refractivity contribution >= 4 is 11.9 Å². The van der Waals surface area contributed by atoms with Crippen LogP contribution in [0.2, 0.25) is 0 Å². The Morgan fingerprint density at radius 3 is 2.33 bits per heavy atom. The lowest BCUT2D eigenvalue weighted by Gasteiger charge is -2.18. The Morgan fingerprint density at radius 2 is 1.83 bits per heavy atom. The van der Waals surface area contributed by atoms with Gasteiger partial charge in [-0.3, -0.25) is 0 Å². The Hall–Kier alpha value is -1.84. The van der Waals surface area contributed by atoms with E-state index in [9.17, 15) is 14.7 Å². The normalized spacial score (nSPS) is 11.1. The SMILES string of the molecule is Cc1ccc(C(=O)OCC(C)(C)C)c(C(=O)[O-])c1. The summed E-state index contributed by atoms with van der Waals surface area (Å²) < 4.78 is 5.09. The topological polar surface area (TPSA) is 66.4 Å². The van der Waals surface area contributed by atoms with Crippen LogP contribution < -0.4 is 5.11 Å². The minimum Gasteiger partial charge on any atom is -0.545 e. The average molecular weight is 249 g/mol. The summed E-state index contributed by atoms with van der Waals surface area (Å²) in [5, 5.41) is 11.0. The molecule has 0 fully saturated rings. The fourth-order valence-corrected chi connectivity index (χ4v) is 1.36. The van der Waals surface area contributed by atoms with Gasteiger partial charge in [0.05, 0.1) is 18.1 Å². The molecule has 1 rings (SSSR count). The van der Waals surface area contributed by atoms with E-state index in [1.807, 2.05) is 20.8 Å². The number of aryl methyl sites for hydroxylation is 1. The molecule has 98 valence electrons. The minimum atomic E-state index is -1.37. The van der Waals surface area contributed by atoms with Gasteiger partial charge in [-0.05, 0) is 24.5 Å². The van der Waals surface area contributed by atoms with Crippen LogP contribution in [0.3, 0.4) is 0 Å². The average Bonchev–Trinajstić information content (AvgIpc) is 2.24. The lowest BCUT2D eigenvalue weighted by Crippen LogP contribution is -2.26. The molecule has 0 unspecified atom stereocenters. The first-order valence-electron chi connectivity index (χ1n) is 5.70. The molecule has 1 aromatic rings. The van der Waals surface area contributed by atoms with E-state index in [1.54, 1.807) is 13.0 Å². The van der Waals surface area contributed by atoms with E-state index < -0.39 is 11.9 Å². The van der Waals surface area contributed by atoms with Crippen LogP contribution in [0.4, 0.5) is 0 Å². The summed E-state index contributed by atoms with van der Waals surface area (Å²) in [5.41, 5.74) is 0.488. The van der Waals surface area contributed by atoms with Gasteiger partial charge in [0.25, 0.3) is 0 Å². The van der Waals surface area contributed by atoms with Crippen LogP contribution in [0.25, 0.3) is 0 Å². The van der Waals surface area contributed by atoms with E-state index in [-0.39, 0.29) is 23.1 Å². The number of benzene rings is 1. The Bertz CT molecular complexity index is 469. The van der Waals surface area contributed by atoms with E-state index in [2.05, 4.69) is 0 Å². The zero-order chi connectivity index (χ0) is 13.9. The number of carbonyl (C=O) groups excluding carboxylic acids is 2. The first kappa shape index (κ1) is 14.2. The molecule has 0 aliphatic carbocycles. The fraction of sp³-hybridized carbons (Fsp3) is 0.429. The molecular weight excluding hydrogens is 232 g/mol. The second-order valence-corrected chi connectivity index (χ2v) is 5.47. The molecule has 4 heteroatoms. The molecule has 0 N–H and O–H groups in total. The number of hydrogen-bond donors (Lipinski definition) is 0. The smallest absolute Gasteiger partial charge is 0.338 e. The monoisotopic (exact) mass is 249 g/mol. The van der Waals surface area contributed by atoms with E-state index in [0.29, 0.717) is 0 Å². The van der Waals surface area contributed by atoms with Crippen molar-refractivity contribution < 1.29 is 19.4 Å². The quantitative estimate of drug-likeness (QED) is 0.762. The zero-order valence-corrected chi connectivity index (χ0v) is 11.1. The summed E-state index contributed by atoms with van der Waals surface area (Å²) in [5.74, 6) is -2.01. The largest absolute Gasteiger partial charge is 0.545 e. The molecule has 0 amide bonds. The molecule has 0 saturated heterocycles. The molecule has 0 bridgehead atoms. The zero-order valence-electron chi connectivity index (χ0n) is 11.1. The van der Waals surface area contributed by atoms with Gasteiger partial charge in [0, 0.05) is 5.56 Å². The molecule has 0 aliphatic rings. The number of ether oxygens (including phenoxy) is 1. The van der Waals surface area contributed by atoms with Gasteiger partial charge in [-0.2, -0.15) is 0 Å². The molecule has 18 heavy (non-hydrogen) atoms. The molecule has 4 nitrogen and oxygen atoms in total. The Balaban J connectivity index is 2.95. The highest BCUT2D eigenvalue weighted by Gasteiger charge is 2.17. The predicted molar refractivity (Wildman–Crippen MR) is 65.2 cm³/mol. The van der Waals surface area contributed by atoms with Gasteiger partial charge in [0.15, 0.2) is 0 Å². The second-order valence-electron chi connectivity index (χ2n) is 5.47. The van der Waals surface area contributed by atoms with E-state index in [1.165, 1.54) is 12.1 Å². The Morgan fingerprint density at radius 1 is 1.22 bits per heavy atom. The van der Waals surface area contributed by atoms with Crippen LogP contribution in [0, 0.1) is 12.3 Å². The first-order valence-corrected chi connectivity index (χ1v) is 5.70. The van der Waals surface area contributed by atoms with Crippen LogP contribution >= 0.6 is 0 Å². The van der Waals surface area contributed by atoms with Crippen molar-refractivity contribution in [1.29, 1.82) is 0 Å². The van der Waals surface area contributed by atoms with Gasteiger partial charge in [-0.25, -0.2) is 4.79 Å². The summed E-state index contributed by atoms with van der Waals surface area (Å²) >= 11 is 0. The summed E-state index contributed by atoms with van der Waals surface area (Å²) in [6.07, 6.45) is 0. The molecule has 0 aliphatic heterocycles. The highest BCUT2D eigenvalue weighted by Crippen LogP contribution is 2.17. The molecule has 0 heterocycles. The molecule has 0 atom stereocenters. The fourth-order valence-electron chi connectivity index (χ4n) is 1.36. The maximum Gasteiger partial charge on any atom is 0.338 e. The van der Waals surface area contributed by atoms with Crippen LogP contribution in [-0.4, -0.2) is 18.5 Å². The summed E-state index contributed by atoms with van der Waals surface area (Å²) in [6, 6.07) is 4.52. The second kappa shape index (κ2) is 5.21. The van der Waals surface area contributed by atoms with Crippen molar-refractivity contribution in [3.8, 4) is 0 Å². The van der Waals surface area contributed by atoms with Crippen molar-refractivity contribution in [2.75, 3.05) is 6.61 Å². The van der Waals surface area contributed by atoms with E-state index >= 15 is 0 Å². The van der Waals surface area contributed by atoms with Crippen molar-refractivity contribution in [2.24, 2.45) is 5.41 Å². The predicted octanol–water partition coefficient (Wildman–Crippen LogP) is 1.56. The van der Waals surface area contributed by atoms with Crippen LogP contribution in [0.5, 0.6) is 0 Å². The molecule has 1 aromatic carbocycles. The number of rotatable bonds is 3. The van der Waals surface area contributed by atoms with Gasteiger partial charge >= 0.3 is 5.97 Å². The van der Waals surface area contributed by atoms with Crippen molar-refractivity contribution in [3.63, 3.8) is 0 Å². The van der Waals surface area contributed by atoms with Crippen LogP contribution in [0.15, 0.2) is 18.2 Å². The number of carbonyl (C=O) groups is 2. The Labute approximate surface area is 107 Å². The molecular formula is C14H17O4-. The number of esters is 1. The molecule has 0 radical (unpaired) electrons. The van der Waals surface area contributed by atoms with Crippen molar-refractivity contribution in [3.05, 3.63) is 34.9 Å². The number of hydrogen-bond acceptors (Lipinski definition) is 4. The van der Waals surface area contributed by atoms with E-state index in [0.717, 1.165) is 5.56 Å². The Kier molecular flexibility index (Phi) is 4.11. The van der Waals surface area contributed by atoms with E-state index in [4.69, 9.17) is 4.74 Å². The summed E-state index contributed by atoms with van der Waals surface area (Å²) in [7, 11) is 0. The number of carboxylic acid groups (broad SMARTS) is 1. The maximum absolute atomic E-state index is 11.8. The van der Waals surface area contributed by atoms with Gasteiger partial charge in [-0.15, -0.1) is 0 Å². The molecule has 0 aromatic heterocycles. The summed E-state index contributed by atoms with van der Waals surface area (Å²) in [4.78, 5) is 22.8. The molecule has 0 spiro atoms. The highest BCUT2D eigenvalue weighted by molar-refractivity contribution is 6.01. The standard InChI is InChI=1S/C14H18O4/c1-9-5-6-10(11(7-9)12(15)16)13(17)18-8-14(2,3)4/h5-7H,8H2,1-4H3,(H,15,16)/p-1. The molecule has 0 saturated carbocycles. The van der Waals surface area contributed by atoms with Gasteiger partial charge in [-0.1, -0.05) is 32.4 Å². The number of carboxylic acids is 1. The van der Waals surface area contributed by atoms with Gasteiger partial charge in [0.1, 0.15) is 0 Å². The van der Waals surface area contributed by atoms with Crippen LogP contribution in [0.1, 0.15) is 47.1 Å². The number of aromatic carboxylic acids is 1. The van der Waals surface area contributed by atoms with Gasteiger partial charge < -0.3 is 14.6 Å². The highest BCUT2D eigenvalue weighted by atomic mass is 16.5. The van der Waals surface area contributed by atoms with Crippen LogP contribution in [-0.2, 0) is 4.74 Å². The minimum absolute atomic E-state index is 0.0323. The van der Waals surface area contributed by atoms with Crippen molar-refractivity contribution in [1.82, 2.24) is 0 Å². The summed E-state index contributed by atoms with van der Waals surface area (Å²) in [6.45, 7) is 7.75. The third-order valence-electron chi connectivity index (χ3n) is 2.25. The third-order valence-corrected chi connectivity index (χ3v) is 2.25. The maximum atomic E-state index is 11.8. The lowest BCUT2D eigenvalue weighted by atomic mass is 9.98.